The zero-order valence-corrected chi connectivity index (χ0v) is 12.9. The Labute approximate surface area is 140 Å². The maximum absolute atomic E-state index is 12.0. The van der Waals surface area contributed by atoms with Gasteiger partial charge in [-0.15, -0.1) is 0 Å². The van der Waals surface area contributed by atoms with Gasteiger partial charge in [0.1, 0.15) is 11.4 Å². The number of carbonyl (C=O) groups excluding carboxylic acids is 1. The number of anilines is 2. The Morgan fingerprint density at radius 3 is 2.44 bits per heavy atom. The van der Waals surface area contributed by atoms with E-state index in [1.54, 1.807) is 18.2 Å². The summed E-state index contributed by atoms with van der Waals surface area (Å²) in [5.41, 5.74) is 0.367. The Bertz CT molecular complexity index is 854. The van der Waals surface area contributed by atoms with E-state index in [4.69, 9.17) is 10.6 Å². The minimum Gasteiger partial charge on any atom is -0.497 e. The largest absolute Gasteiger partial charge is 0.497 e. The lowest BCUT2D eigenvalue weighted by molar-refractivity contribution is -0.393. The molecule has 0 radical (unpaired) electrons. The number of hydrazine groups is 1. The predicted octanol–water partition coefficient (Wildman–Crippen LogP) is 1.86. The molecule has 130 valence electrons. The smallest absolute Gasteiger partial charge is 0.300 e. The van der Waals surface area contributed by atoms with Crippen LogP contribution in [0.4, 0.5) is 22.7 Å². The highest BCUT2D eigenvalue weighted by molar-refractivity contribution is 6.03. The Morgan fingerprint density at radius 2 is 1.88 bits per heavy atom. The zero-order valence-electron chi connectivity index (χ0n) is 12.9. The molecule has 0 heterocycles. The van der Waals surface area contributed by atoms with E-state index in [0.29, 0.717) is 11.4 Å². The molecule has 2 aromatic carbocycles. The molecule has 0 atom stereocenters. The second-order valence-corrected chi connectivity index (χ2v) is 4.73. The van der Waals surface area contributed by atoms with Gasteiger partial charge in [-0.3, -0.25) is 30.4 Å². The van der Waals surface area contributed by atoms with Crippen molar-refractivity contribution in [1.82, 2.24) is 5.43 Å². The molecule has 25 heavy (non-hydrogen) atoms. The number of methoxy groups -OCH3 is 1. The molecule has 2 rings (SSSR count). The van der Waals surface area contributed by atoms with E-state index in [-0.39, 0.29) is 11.3 Å². The van der Waals surface area contributed by atoms with Crippen molar-refractivity contribution in [1.29, 1.82) is 0 Å². The van der Waals surface area contributed by atoms with Crippen LogP contribution in [0, 0.1) is 20.2 Å². The van der Waals surface area contributed by atoms with E-state index in [1.807, 2.05) is 5.43 Å². The van der Waals surface area contributed by atoms with Gasteiger partial charge >= 0.3 is 0 Å². The molecular formula is C14H13N5O6. The number of non-ortho nitro benzene ring substituents is 1. The van der Waals surface area contributed by atoms with Crippen molar-refractivity contribution < 1.29 is 19.4 Å². The highest BCUT2D eigenvalue weighted by atomic mass is 16.6. The van der Waals surface area contributed by atoms with Crippen molar-refractivity contribution in [3.8, 4) is 5.75 Å². The lowest BCUT2D eigenvalue weighted by Crippen LogP contribution is -2.30. The van der Waals surface area contributed by atoms with E-state index in [9.17, 15) is 25.0 Å². The van der Waals surface area contributed by atoms with Gasteiger partial charge < -0.3 is 10.1 Å². The molecule has 0 fully saturated rings. The van der Waals surface area contributed by atoms with Crippen molar-refractivity contribution >= 4 is 28.7 Å². The van der Waals surface area contributed by atoms with Crippen LogP contribution in [0.25, 0.3) is 0 Å². The van der Waals surface area contributed by atoms with Crippen LogP contribution in [0.5, 0.6) is 5.75 Å². The van der Waals surface area contributed by atoms with Crippen molar-refractivity contribution in [2.75, 3.05) is 12.4 Å². The van der Waals surface area contributed by atoms with Gasteiger partial charge in [0.25, 0.3) is 17.3 Å². The summed E-state index contributed by atoms with van der Waals surface area (Å²) in [5.74, 6) is 4.63. The Kier molecular flexibility index (Phi) is 5.09. The fourth-order valence-corrected chi connectivity index (χ4v) is 2.09. The van der Waals surface area contributed by atoms with Gasteiger partial charge in [-0.05, 0) is 12.1 Å². The topological polar surface area (TPSA) is 163 Å². The van der Waals surface area contributed by atoms with Crippen molar-refractivity contribution in [3.63, 3.8) is 0 Å². The first kappa shape index (κ1) is 17.6. The number of nitrogen functional groups attached to an aromatic ring is 1. The van der Waals surface area contributed by atoms with Crippen LogP contribution in [0.2, 0.25) is 0 Å². The van der Waals surface area contributed by atoms with Gasteiger partial charge in [0.15, 0.2) is 0 Å². The fraction of sp³-hybridized carbons (Fsp3) is 0.0714. The van der Waals surface area contributed by atoms with E-state index in [2.05, 4.69) is 5.32 Å². The van der Waals surface area contributed by atoms with Gasteiger partial charge in [-0.1, -0.05) is 6.07 Å². The standard InChI is InChI=1S/C14H13N5O6/c1-25-10-4-2-3-8(5-10)16-13-11(14(20)17-15)6-9(18(21)22)7-12(13)19(23)24/h2-7,16H,15H2,1H3,(H,17,20). The number of hydrogen-bond acceptors (Lipinski definition) is 8. The van der Waals surface area contributed by atoms with Gasteiger partial charge in [-0.25, -0.2) is 5.84 Å². The molecular weight excluding hydrogens is 334 g/mol. The molecule has 0 aliphatic carbocycles. The molecule has 0 unspecified atom stereocenters. The first-order valence-corrected chi connectivity index (χ1v) is 6.76. The number of nitro groups is 2. The average Bonchev–Trinajstić information content (AvgIpc) is 2.60. The molecule has 11 heteroatoms. The number of nitro benzene ring substituents is 2. The Hall–Kier alpha value is -3.73. The molecule has 0 aromatic heterocycles. The summed E-state index contributed by atoms with van der Waals surface area (Å²) >= 11 is 0. The molecule has 11 nitrogen and oxygen atoms in total. The number of nitrogens with two attached hydrogens (primary N) is 1. The summed E-state index contributed by atoms with van der Waals surface area (Å²) in [6.45, 7) is 0. The van der Waals surface area contributed by atoms with Crippen LogP contribution in [-0.4, -0.2) is 22.9 Å². The maximum atomic E-state index is 12.0. The number of ether oxygens (including phenoxy) is 1. The third-order valence-corrected chi connectivity index (χ3v) is 3.22. The molecule has 0 saturated carbocycles. The molecule has 2 aromatic rings. The quantitative estimate of drug-likeness (QED) is 0.308. The number of carbonyl (C=O) groups is 1. The van der Waals surface area contributed by atoms with E-state index in [0.717, 1.165) is 12.1 Å². The van der Waals surface area contributed by atoms with Crippen LogP contribution >= 0.6 is 0 Å². The normalized spacial score (nSPS) is 10.0. The van der Waals surface area contributed by atoms with Crippen molar-refractivity contribution in [3.05, 3.63) is 62.2 Å². The molecule has 0 saturated heterocycles. The highest BCUT2D eigenvalue weighted by Crippen LogP contribution is 2.36. The van der Waals surface area contributed by atoms with E-state index in [1.165, 1.54) is 13.2 Å². The summed E-state index contributed by atoms with van der Waals surface area (Å²) in [6.07, 6.45) is 0. The van der Waals surface area contributed by atoms with Crippen LogP contribution in [0.1, 0.15) is 10.4 Å². The molecule has 0 bridgehead atoms. The lowest BCUT2D eigenvalue weighted by atomic mass is 10.1. The minimum absolute atomic E-state index is 0.230. The first-order chi connectivity index (χ1) is 11.9. The predicted molar refractivity (Wildman–Crippen MR) is 87.7 cm³/mol. The molecule has 0 aliphatic rings. The highest BCUT2D eigenvalue weighted by Gasteiger charge is 2.27. The van der Waals surface area contributed by atoms with Crippen LogP contribution in [0.15, 0.2) is 36.4 Å². The van der Waals surface area contributed by atoms with Crippen molar-refractivity contribution in [2.24, 2.45) is 5.84 Å². The second-order valence-electron chi connectivity index (χ2n) is 4.73. The molecule has 0 aliphatic heterocycles. The molecule has 1 amide bonds. The van der Waals surface area contributed by atoms with Gasteiger partial charge in [-0.2, -0.15) is 0 Å². The SMILES string of the molecule is COc1cccc(Nc2c(C(=O)NN)cc([N+](=O)[O-])cc2[N+](=O)[O-])c1. The van der Waals surface area contributed by atoms with Gasteiger partial charge in [0, 0.05) is 17.8 Å². The summed E-state index contributed by atoms with van der Waals surface area (Å²) < 4.78 is 5.06. The Morgan fingerprint density at radius 1 is 1.16 bits per heavy atom. The van der Waals surface area contributed by atoms with E-state index >= 15 is 0 Å². The first-order valence-electron chi connectivity index (χ1n) is 6.76. The number of nitrogens with one attached hydrogen (secondary N) is 2. The minimum atomic E-state index is -0.919. The lowest BCUT2D eigenvalue weighted by Gasteiger charge is -2.12. The zero-order chi connectivity index (χ0) is 18.6. The number of amides is 1. The van der Waals surface area contributed by atoms with Gasteiger partial charge in [0.2, 0.25) is 0 Å². The number of nitrogens with zero attached hydrogens (tertiary/aromatic N) is 2. The van der Waals surface area contributed by atoms with Crippen molar-refractivity contribution in [2.45, 2.75) is 0 Å². The summed E-state index contributed by atoms with van der Waals surface area (Å²) in [5, 5.41) is 25.0. The number of benzene rings is 2. The second kappa shape index (κ2) is 7.23. The third kappa shape index (κ3) is 3.79. The van der Waals surface area contributed by atoms with E-state index < -0.39 is 27.1 Å². The molecule has 0 spiro atoms. The summed E-state index contributed by atoms with van der Waals surface area (Å²) in [4.78, 5) is 32.6. The third-order valence-electron chi connectivity index (χ3n) is 3.22. The average molecular weight is 347 g/mol. The maximum Gasteiger partial charge on any atom is 0.300 e. The number of rotatable bonds is 6. The summed E-state index contributed by atoms with van der Waals surface area (Å²) in [7, 11) is 1.45. The van der Waals surface area contributed by atoms with Crippen LogP contribution < -0.4 is 21.3 Å². The summed E-state index contributed by atoms with van der Waals surface area (Å²) in [6, 6.07) is 8.06. The van der Waals surface area contributed by atoms with Crippen LogP contribution in [0.3, 0.4) is 0 Å². The van der Waals surface area contributed by atoms with Crippen LogP contribution in [-0.2, 0) is 0 Å². The molecule has 4 N–H and O–H groups in total. The monoisotopic (exact) mass is 347 g/mol. The Balaban J connectivity index is 2.65. The van der Waals surface area contributed by atoms with Gasteiger partial charge in [0.05, 0.1) is 28.6 Å². The number of hydrogen-bond donors (Lipinski definition) is 3. The fourth-order valence-electron chi connectivity index (χ4n) is 2.09.